The van der Waals surface area contributed by atoms with Crippen LogP contribution in [0.25, 0.3) is 5.69 Å². The van der Waals surface area contributed by atoms with Crippen LogP contribution in [0.2, 0.25) is 5.02 Å². The van der Waals surface area contributed by atoms with Gasteiger partial charge in [-0.05, 0) is 49.2 Å². The monoisotopic (exact) mass is 383 g/mol. The molecule has 0 radical (unpaired) electrons. The van der Waals surface area contributed by atoms with E-state index in [1.54, 1.807) is 11.8 Å². The largest absolute Gasteiger partial charge is 0.310 e. The van der Waals surface area contributed by atoms with Gasteiger partial charge in [0.1, 0.15) is 5.82 Å². The molecule has 1 aliphatic rings. The minimum Gasteiger partial charge on any atom is -0.310 e. The van der Waals surface area contributed by atoms with Crippen LogP contribution in [0.4, 0.5) is 5.82 Å². The molecule has 0 saturated heterocycles. The average molecular weight is 384 g/mol. The normalized spacial score (nSPS) is 16.7. The number of rotatable bonds is 2. The molecule has 1 aromatic heterocycles. The highest BCUT2D eigenvalue weighted by Gasteiger charge is 2.30. The number of hydrogen-bond donors (Lipinski definition) is 1. The Hall–Kier alpha value is -2.24. The van der Waals surface area contributed by atoms with Gasteiger partial charge in [-0.3, -0.25) is 4.79 Å². The summed E-state index contributed by atoms with van der Waals surface area (Å²) in [7, 11) is 0. The summed E-state index contributed by atoms with van der Waals surface area (Å²) in [6, 6.07) is 15.9. The fourth-order valence-corrected chi connectivity index (χ4v) is 4.64. The molecule has 0 aliphatic carbocycles. The summed E-state index contributed by atoms with van der Waals surface area (Å²) in [5.74, 6) is 1.11. The average Bonchev–Trinajstić information content (AvgIpc) is 2.81. The highest BCUT2D eigenvalue weighted by molar-refractivity contribution is 8.00. The Morgan fingerprint density at radius 2 is 2.00 bits per heavy atom. The van der Waals surface area contributed by atoms with Gasteiger partial charge in [-0.2, -0.15) is 5.10 Å². The number of aromatic nitrogens is 2. The van der Waals surface area contributed by atoms with Crippen molar-refractivity contribution in [1.82, 2.24) is 9.78 Å². The number of hydrogen-bond acceptors (Lipinski definition) is 3. The number of halogens is 1. The smallest absolute Gasteiger partial charge is 0.235 e. The van der Waals surface area contributed by atoms with Crippen molar-refractivity contribution < 1.29 is 4.79 Å². The Balaban J connectivity index is 1.90. The number of amides is 1. The van der Waals surface area contributed by atoms with E-state index in [0.29, 0.717) is 10.8 Å². The van der Waals surface area contributed by atoms with Crippen molar-refractivity contribution in [2.75, 3.05) is 11.1 Å². The van der Waals surface area contributed by atoms with E-state index in [-0.39, 0.29) is 11.2 Å². The standard InChI is InChI=1S/C20H18ClN3OS/c1-12-5-3-8-16(9-12)24-20-18(13(2)23-24)19(26-11-17(25)22-20)14-6-4-7-15(21)10-14/h3-10,19H,11H2,1-2H3,(H,22,25)/t19-/m0/s1. The predicted molar refractivity (Wildman–Crippen MR) is 107 cm³/mol. The van der Waals surface area contributed by atoms with Crippen LogP contribution >= 0.6 is 23.4 Å². The van der Waals surface area contributed by atoms with Crippen molar-refractivity contribution >= 4 is 35.1 Å². The summed E-state index contributed by atoms with van der Waals surface area (Å²) in [6.45, 7) is 4.03. The minimum atomic E-state index is -0.0189. The number of carbonyl (C=O) groups is 1. The highest BCUT2D eigenvalue weighted by Crippen LogP contribution is 2.44. The lowest BCUT2D eigenvalue weighted by Crippen LogP contribution is -2.15. The number of benzene rings is 2. The van der Waals surface area contributed by atoms with Crippen LogP contribution < -0.4 is 5.32 Å². The maximum atomic E-state index is 12.4. The van der Waals surface area contributed by atoms with Gasteiger partial charge in [0.25, 0.3) is 0 Å². The Kier molecular flexibility index (Phi) is 4.51. The summed E-state index contributed by atoms with van der Waals surface area (Å²) in [5.41, 5.74) is 5.09. The Bertz CT molecular complexity index is 998. The molecule has 1 atom stereocenters. The lowest BCUT2D eigenvalue weighted by molar-refractivity contribution is -0.113. The highest BCUT2D eigenvalue weighted by atomic mass is 35.5. The van der Waals surface area contributed by atoms with Crippen molar-refractivity contribution in [3.63, 3.8) is 0 Å². The molecule has 0 unspecified atom stereocenters. The number of fused-ring (bicyclic) bond motifs is 1. The zero-order chi connectivity index (χ0) is 18.3. The fourth-order valence-electron chi connectivity index (χ4n) is 3.26. The molecule has 3 aromatic rings. The number of nitrogens with zero attached hydrogens (tertiary/aromatic N) is 2. The molecule has 1 amide bonds. The molecule has 0 fully saturated rings. The van der Waals surface area contributed by atoms with Crippen LogP contribution in [0.5, 0.6) is 0 Å². The van der Waals surface area contributed by atoms with Crippen LogP contribution in [-0.4, -0.2) is 21.4 Å². The van der Waals surface area contributed by atoms with E-state index in [2.05, 4.69) is 11.4 Å². The molecule has 1 aliphatic heterocycles. The van der Waals surface area contributed by atoms with E-state index in [0.717, 1.165) is 33.9 Å². The second-order valence-electron chi connectivity index (χ2n) is 6.39. The number of anilines is 1. The molecule has 2 heterocycles. The van der Waals surface area contributed by atoms with Crippen molar-refractivity contribution in [3.05, 3.63) is 75.9 Å². The molecule has 6 heteroatoms. The van der Waals surface area contributed by atoms with Gasteiger partial charge >= 0.3 is 0 Å². The molecular formula is C20H18ClN3OS. The Labute approximate surface area is 161 Å². The quantitative estimate of drug-likeness (QED) is 0.683. The van der Waals surface area contributed by atoms with E-state index in [9.17, 15) is 4.79 Å². The first-order valence-corrected chi connectivity index (χ1v) is 9.79. The van der Waals surface area contributed by atoms with E-state index in [1.165, 1.54) is 0 Å². The van der Waals surface area contributed by atoms with Crippen molar-refractivity contribution in [2.45, 2.75) is 19.1 Å². The molecule has 0 saturated carbocycles. The second-order valence-corrected chi connectivity index (χ2v) is 7.92. The van der Waals surface area contributed by atoms with Gasteiger partial charge in [-0.15, -0.1) is 11.8 Å². The van der Waals surface area contributed by atoms with Gasteiger partial charge in [0, 0.05) is 10.6 Å². The first-order chi connectivity index (χ1) is 12.5. The van der Waals surface area contributed by atoms with Crippen molar-refractivity contribution in [2.24, 2.45) is 0 Å². The van der Waals surface area contributed by atoms with Gasteiger partial charge in [0.15, 0.2) is 0 Å². The molecule has 4 nitrogen and oxygen atoms in total. The Morgan fingerprint density at radius 3 is 2.77 bits per heavy atom. The minimum absolute atomic E-state index is 0.00112. The maximum Gasteiger partial charge on any atom is 0.235 e. The van der Waals surface area contributed by atoms with Crippen molar-refractivity contribution in [1.29, 1.82) is 0 Å². The first kappa shape index (κ1) is 17.2. The molecular weight excluding hydrogens is 366 g/mol. The molecule has 1 N–H and O–H groups in total. The van der Waals surface area contributed by atoms with Crippen LogP contribution in [0.1, 0.15) is 27.6 Å². The first-order valence-electron chi connectivity index (χ1n) is 8.36. The summed E-state index contributed by atoms with van der Waals surface area (Å²) in [5, 5.41) is 8.48. The summed E-state index contributed by atoms with van der Waals surface area (Å²) >= 11 is 7.80. The predicted octanol–water partition coefficient (Wildman–Crippen LogP) is 4.92. The van der Waals surface area contributed by atoms with E-state index >= 15 is 0 Å². The summed E-state index contributed by atoms with van der Waals surface area (Å²) < 4.78 is 1.83. The van der Waals surface area contributed by atoms with Gasteiger partial charge in [-0.1, -0.05) is 35.9 Å². The summed E-state index contributed by atoms with van der Waals surface area (Å²) in [4.78, 5) is 12.4. The lowest BCUT2D eigenvalue weighted by Gasteiger charge is -2.15. The number of nitrogens with one attached hydrogen (secondary N) is 1. The number of carbonyl (C=O) groups excluding carboxylic acids is 1. The third kappa shape index (κ3) is 3.13. The fraction of sp³-hybridized carbons (Fsp3) is 0.200. The van der Waals surface area contributed by atoms with E-state index in [1.807, 2.05) is 61.0 Å². The molecule has 26 heavy (non-hydrogen) atoms. The second kappa shape index (κ2) is 6.82. The van der Waals surface area contributed by atoms with Crippen LogP contribution in [0.15, 0.2) is 48.5 Å². The molecule has 0 spiro atoms. The molecule has 0 bridgehead atoms. The topological polar surface area (TPSA) is 46.9 Å². The Morgan fingerprint density at radius 1 is 1.19 bits per heavy atom. The third-order valence-corrected chi connectivity index (χ3v) is 5.91. The molecule has 2 aromatic carbocycles. The van der Waals surface area contributed by atoms with E-state index < -0.39 is 0 Å². The lowest BCUT2D eigenvalue weighted by atomic mass is 10.0. The van der Waals surface area contributed by atoms with E-state index in [4.69, 9.17) is 16.7 Å². The molecule has 132 valence electrons. The van der Waals surface area contributed by atoms with Crippen LogP contribution in [-0.2, 0) is 4.79 Å². The zero-order valence-electron chi connectivity index (χ0n) is 14.5. The van der Waals surface area contributed by atoms with Crippen LogP contribution in [0, 0.1) is 13.8 Å². The maximum absolute atomic E-state index is 12.4. The number of thioether (sulfide) groups is 1. The summed E-state index contributed by atoms with van der Waals surface area (Å²) in [6.07, 6.45) is 0. The third-order valence-electron chi connectivity index (χ3n) is 4.41. The SMILES string of the molecule is Cc1cccc(-n2nc(C)c3c2NC(=O)CS[C@H]3c2cccc(Cl)c2)c1. The van der Waals surface area contributed by atoms with Crippen molar-refractivity contribution in [3.8, 4) is 5.69 Å². The van der Waals surface area contributed by atoms with Gasteiger partial charge in [0.2, 0.25) is 5.91 Å². The zero-order valence-corrected chi connectivity index (χ0v) is 16.1. The van der Waals surface area contributed by atoms with Crippen LogP contribution in [0.3, 0.4) is 0 Å². The number of aryl methyl sites for hydroxylation is 2. The molecule has 4 rings (SSSR count). The van der Waals surface area contributed by atoms with Gasteiger partial charge < -0.3 is 5.32 Å². The van der Waals surface area contributed by atoms with Gasteiger partial charge in [0.05, 0.1) is 22.4 Å². The van der Waals surface area contributed by atoms with Gasteiger partial charge in [-0.25, -0.2) is 4.68 Å².